The lowest BCUT2D eigenvalue weighted by Gasteiger charge is -2.27. The molecular formula is C14H21ClN2O. The molecule has 1 saturated heterocycles. The van der Waals surface area contributed by atoms with Crippen LogP contribution in [0.15, 0.2) is 18.2 Å². The lowest BCUT2D eigenvalue weighted by atomic mass is 10.1. The first kappa shape index (κ1) is 13.7. The second-order valence-electron chi connectivity index (χ2n) is 4.77. The van der Waals surface area contributed by atoms with Gasteiger partial charge in [-0.25, -0.2) is 0 Å². The zero-order chi connectivity index (χ0) is 13.0. The van der Waals surface area contributed by atoms with Crippen molar-refractivity contribution in [1.82, 2.24) is 0 Å². The van der Waals surface area contributed by atoms with E-state index >= 15 is 0 Å². The van der Waals surface area contributed by atoms with Crippen molar-refractivity contribution in [3.8, 4) is 0 Å². The van der Waals surface area contributed by atoms with Crippen LogP contribution < -0.4 is 10.6 Å². The minimum atomic E-state index is 0.245. The Balaban J connectivity index is 2.29. The Morgan fingerprint density at radius 3 is 3.11 bits per heavy atom. The third kappa shape index (κ3) is 3.16. The molecule has 0 aliphatic carbocycles. The number of halogens is 1. The summed E-state index contributed by atoms with van der Waals surface area (Å²) in [6.45, 7) is 5.46. The number of para-hydroxylation sites is 1. The highest BCUT2D eigenvalue weighted by Gasteiger charge is 2.19. The molecule has 0 spiro atoms. The van der Waals surface area contributed by atoms with Crippen molar-refractivity contribution in [2.24, 2.45) is 5.73 Å². The monoisotopic (exact) mass is 268 g/mol. The normalized spacial score (nSPS) is 20.8. The number of hydrogen-bond donors (Lipinski definition) is 1. The Hall–Kier alpha value is -0.770. The van der Waals surface area contributed by atoms with Crippen LogP contribution in [0.4, 0.5) is 5.69 Å². The molecule has 0 aromatic heterocycles. The van der Waals surface area contributed by atoms with Gasteiger partial charge in [-0.15, -0.1) is 0 Å². The van der Waals surface area contributed by atoms with E-state index in [1.165, 1.54) is 5.56 Å². The Bertz CT molecular complexity index is 397. The summed E-state index contributed by atoms with van der Waals surface area (Å²) in [5.41, 5.74) is 8.06. The van der Waals surface area contributed by atoms with E-state index in [2.05, 4.69) is 17.9 Å². The van der Waals surface area contributed by atoms with Crippen molar-refractivity contribution < 1.29 is 4.74 Å². The molecule has 1 aromatic rings. The first-order valence-electron chi connectivity index (χ1n) is 6.56. The molecule has 0 amide bonds. The highest BCUT2D eigenvalue weighted by atomic mass is 35.5. The summed E-state index contributed by atoms with van der Waals surface area (Å²) < 4.78 is 5.68. The average Bonchev–Trinajstić information content (AvgIpc) is 2.54. The van der Waals surface area contributed by atoms with Gasteiger partial charge in [-0.1, -0.05) is 23.7 Å². The lowest BCUT2D eigenvalue weighted by molar-refractivity contribution is 0.0821. The van der Waals surface area contributed by atoms with Crippen LogP contribution in [-0.2, 0) is 11.2 Å². The van der Waals surface area contributed by atoms with Crippen LogP contribution in [0.25, 0.3) is 0 Å². The molecule has 2 rings (SSSR count). The van der Waals surface area contributed by atoms with Crippen molar-refractivity contribution >= 4 is 17.3 Å². The summed E-state index contributed by atoms with van der Waals surface area (Å²) in [5.74, 6) is 0. The maximum atomic E-state index is 6.38. The van der Waals surface area contributed by atoms with Gasteiger partial charge < -0.3 is 15.4 Å². The molecular weight excluding hydrogens is 248 g/mol. The summed E-state index contributed by atoms with van der Waals surface area (Å²) >= 11 is 6.38. The number of rotatable bonds is 3. The van der Waals surface area contributed by atoms with Crippen molar-refractivity contribution in [3.63, 3.8) is 0 Å². The molecule has 1 unspecified atom stereocenters. The molecule has 100 valence electrons. The number of hydrogen-bond acceptors (Lipinski definition) is 3. The van der Waals surface area contributed by atoms with Crippen LogP contribution in [0.3, 0.4) is 0 Å². The number of anilines is 1. The molecule has 2 N–H and O–H groups in total. The molecule has 4 heteroatoms. The largest absolute Gasteiger partial charge is 0.377 e. The van der Waals surface area contributed by atoms with E-state index in [1.807, 2.05) is 12.1 Å². The fraction of sp³-hybridized carbons (Fsp3) is 0.571. The van der Waals surface area contributed by atoms with E-state index in [1.54, 1.807) is 0 Å². The van der Waals surface area contributed by atoms with Gasteiger partial charge in [0, 0.05) is 19.7 Å². The van der Waals surface area contributed by atoms with Crippen LogP contribution in [0.5, 0.6) is 0 Å². The van der Waals surface area contributed by atoms with E-state index in [0.29, 0.717) is 6.54 Å². The van der Waals surface area contributed by atoms with Crippen molar-refractivity contribution in [2.75, 3.05) is 31.1 Å². The summed E-state index contributed by atoms with van der Waals surface area (Å²) in [6.07, 6.45) is 2.15. The van der Waals surface area contributed by atoms with Crippen LogP contribution >= 0.6 is 11.6 Å². The molecule has 1 aromatic carbocycles. The van der Waals surface area contributed by atoms with Gasteiger partial charge in [0.15, 0.2) is 0 Å². The maximum absolute atomic E-state index is 6.38. The minimum Gasteiger partial charge on any atom is -0.377 e. The second-order valence-corrected chi connectivity index (χ2v) is 5.17. The van der Waals surface area contributed by atoms with E-state index in [9.17, 15) is 0 Å². The first-order chi connectivity index (χ1) is 8.72. The summed E-state index contributed by atoms with van der Waals surface area (Å²) in [7, 11) is 0. The van der Waals surface area contributed by atoms with E-state index in [0.717, 1.165) is 43.2 Å². The molecule has 1 fully saturated rings. The first-order valence-corrected chi connectivity index (χ1v) is 6.94. The van der Waals surface area contributed by atoms with Crippen LogP contribution in [-0.4, -0.2) is 32.3 Å². The summed E-state index contributed by atoms with van der Waals surface area (Å²) in [5, 5.41) is 0.815. The Morgan fingerprint density at radius 1 is 1.50 bits per heavy atom. The molecule has 1 atom stereocenters. The van der Waals surface area contributed by atoms with Gasteiger partial charge in [0.05, 0.1) is 16.8 Å². The minimum absolute atomic E-state index is 0.245. The zero-order valence-electron chi connectivity index (χ0n) is 10.9. The van der Waals surface area contributed by atoms with E-state index in [-0.39, 0.29) is 6.10 Å². The second kappa shape index (κ2) is 6.41. The lowest BCUT2D eigenvalue weighted by Crippen LogP contribution is -2.31. The van der Waals surface area contributed by atoms with Gasteiger partial charge in [-0.3, -0.25) is 0 Å². The highest BCUT2D eigenvalue weighted by molar-refractivity contribution is 6.33. The SMILES string of the molecule is CC1CN(c2c(Cl)cccc2CCN)CCCO1. The average molecular weight is 269 g/mol. The maximum Gasteiger partial charge on any atom is 0.0721 e. The van der Waals surface area contributed by atoms with Gasteiger partial charge in [0.25, 0.3) is 0 Å². The molecule has 3 nitrogen and oxygen atoms in total. The standard InChI is InChI=1S/C14H21ClN2O/c1-11-10-17(8-3-9-18-11)14-12(6-7-16)4-2-5-13(14)15/h2,4-5,11H,3,6-10,16H2,1H3. The highest BCUT2D eigenvalue weighted by Crippen LogP contribution is 2.31. The quantitative estimate of drug-likeness (QED) is 0.915. The number of nitrogens with zero attached hydrogens (tertiary/aromatic N) is 1. The third-order valence-corrected chi connectivity index (χ3v) is 3.56. The van der Waals surface area contributed by atoms with Gasteiger partial charge in [-0.05, 0) is 37.9 Å². The van der Waals surface area contributed by atoms with Crippen LogP contribution in [0.1, 0.15) is 18.9 Å². The predicted molar refractivity (Wildman–Crippen MR) is 76.5 cm³/mol. The molecule has 0 saturated carbocycles. The van der Waals surface area contributed by atoms with Crippen LogP contribution in [0, 0.1) is 0 Å². The smallest absolute Gasteiger partial charge is 0.0721 e. The van der Waals surface area contributed by atoms with E-state index < -0.39 is 0 Å². The van der Waals surface area contributed by atoms with Crippen LogP contribution in [0.2, 0.25) is 5.02 Å². The van der Waals surface area contributed by atoms with Gasteiger partial charge in [0.2, 0.25) is 0 Å². The summed E-state index contributed by atoms with van der Waals surface area (Å²) in [6, 6.07) is 6.06. The van der Waals surface area contributed by atoms with Gasteiger partial charge in [-0.2, -0.15) is 0 Å². The van der Waals surface area contributed by atoms with E-state index in [4.69, 9.17) is 22.1 Å². The molecule has 1 aliphatic heterocycles. The Kier molecular flexibility index (Phi) is 4.87. The zero-order valence-corrected chi connectivity index (χ0v) is 11.6. The fourth-order valence-electron chi connectivity index (χ4n) is 2.47. The van der Waals surface area contributed by atoms with Crippen molar-refractivity contribution in [2.45, 2.75) is 25.9 Å². The Morgan fingerprint density at radius 2 is 2.33 bits per heavy atom. The molecule has 18 heavy (non-hydrogen) atoms. The number of ether oxygens (including phenoxy) is 1. The molecule has 1 heterocycles. The molecule has 0 radical (unpaired) electrons. The van der Waals surface area contributed by atoms with Gasteiger partial charge in [0.1, 0.15) is 0 Å². The topological polar surface area (TPSA) is 38.5 Å². The summed E-state index contributed by atoms with van der Waals surface area (Å²) in [4.78, 5) is 2.34. The molecule has 0 bridgehead atoms. The number of benzene rings is 1. The Labute approximate surface area is 114 Å². The third-order valence-electron chi connectivity index (χ3n) is 3.25. The van der Waals surface area contributed by atoms with Crippen molar-refractivity contribution in [1.29, 1.82) is 0 Å². The molecule has 1 aliphatic rings. The fourth-order valence-corrected chi connectivity index (χ4v) is 2.78. The van der Waals surface area contributed by atoms with Gasteiger partial charge >= 0.3 is 0 Å². The predicted octanol–water partition coefficient (Wildman–Crippen LogP) is 2.46. The van der Waals surface area contributed by atoms with Crippen molar-refractivity contribution in [3.05, 3.63) is 28.8 Å². The number of nitrogens with two attached hydrogens (primary N) is 1.